The molecule has 148 valence electrons. The van der Waals surface area contributed by atoms with E-state index in [2.05, 4.69) is 34.6 Å². The molecule has 0 aromatic heterocycles. The average Bonchev–Trinajstić information content (AvgIpc) is 2.56. The summed E-state index contributed by atoms with van der Waals surface area (Å²) in [5, 5.41) is 11.8. The molecule has 0 rings (SSSR count). The molecular weight excluding hydrogens is 310 g/mol. The van der Waals surface area contributed by atoms with Crippen molar-refractivity contribution in [3.05, 3.63) is 22.3 Å². The molecule has 0 aliphatic rings. The average molecular weight is 354 g/mol. The van der Waals surface area contributed by atoms with Crippen molar-refractivity contribution in [3.63, 3.8) is 0 Å². The van der Waals surface area contributed by atoms with E-state index in [9.17, 15) is 9.90 Å². The van der Waals surface area contributed by atoms with Gasteiger partial charge >= 0.3 is 0 Å². The molecule has 3 nitrogen and oxygen atoms in total. The summed E-state index contributed by atoms with van der Waals surface area (Å²) >= 11 is 0. The number of hydrogen-bond donors (Lipinski definition) is 1. The molecule has 0 saturated heterocycles. The summed E-state index contributed by atoms with van der Waals surface area (Å²) in [4.78, 5) is 11.8. The first-order valence-electron chi connectivity index (χ1n) is 10.2. The van der Waals surface area contributed by atoms with Gasteiger partial charge in [0.15, 0.2) is 0 Å². The van der Waals surface area contributed by atoms with Crippen LogP contribution < -0.4 is 11.3 Å². The van der Waals surface area contributed by atoms with Crippen LogP contribution in [-0.2, 0) is 4.79 Å². The highest BCUT2D eigenvalue weighted by Gasteiger charge is 2.15. The van der Waals surface area contributed by atoms with E-state index in [0.29, 0.717) is 12.0 Å². The molecule has 25 heavy (non-hydrogen) atoms. The van der Waals surface area contributed by atoms with Crippen LogP contribution in [0, 0.1) is 0 Å². The Morgan fingerprint density at radius 1 is 0.640 bits per heavy atom. The van der Waals surface area contributed by atoms with Crippen LogP contribution in [0.4, 0.5) is 0 Å². The Hall–Kier alpha value is -1.09. The fourth-order valence-electron chi connectivity index (χ4n) is 3.14. The molecule has 0 fully saturated rings. The quantitative estimate of drug-likeness (QED) is 0.286. The zero-order valence-corrected chi connectivity index (χ0v) is 17.8. The minimum atomic E-state index is -0.952. The lowest BCUT2D eigenvalue weighted by atomic mass is 9.86. The zero-order valence-electron chi connectivity index (χ0n) is 17.8. The number of allylic oxidation sites excluding steroid dienone is 3. The summed E-state index contributed by atoms with van der Waals surface area (Å²) < 4.78 is 0. The fourth-order valence-corrected chi connectivity index (χ4v) is 3.14. The van der Waals surface area contributed by atoms with Crippen molar-refractivity contribution in [2.45, 2.75) is 112 Å². The molecule has 0 atom stereocenters. The van der Waals surface area contributed by atoms with E-state index in [1.807, 2.05) is 0 Å². The van der Waals surface area contributed by atoms with Gasteiger partial charge in [-0.15, -0.1) is 0 Å². The number of carbonyl (C=O) groups excluding carboxylic acids is 1. The molecule has 0 saturated carbocycles. The summed E-state index contributed by atoms with van der Waals surface area (Å²) in [5.41, 5.74) is 4.40. The van der Waals surface area contributed by atoms with Crippen molar-refractivity contribution in [1.82, 2.24) is 6.15 Å². The van der Waals surface area contributed by atoms with E-state index in [4.69, 9.17) is 0 Å². The van der Waals surface area contributed by atoms with Gasteiger partial charge < -0.3 is 16.1 Å². The highest BCUT2D eigenvalue weighted by Crippen LogP contribution is 2.32. The summed E-state index contributed by atoms with van der Waals surface area (Å²) in [6, 6.07) is 0. The van der Waals surface area contributed by atoms with Gasteiger partial charge in [-0.3, -0.25) is 0 Å². The molecule has 0 unspecified atom stereocenters. The standard InChI is InChI=1S/C22H40O2.H3N/c1-6-10-14-18(5)19(15-11-7-2)20(16-12-8-3)21(22(23)24)17-13-9-4;/h6-17H2,1-5H3,(H,23,24);1H3/b19-18-,21-20+;. The maximum absolute atomic E-state index is 11.8. The van der Waals surface area contributed by atoms with Gasteiger partial charge in [-0.2, -0.15) is 0 Å². The number of unbranched alkanes of at least 4 members (excludes halogenated alkanes) is 4. The van der Waals surface area contributed by atoms with Gasteiger partial charge in [0.2, 0.25) is 0 Å². The van der Waals surface area contributed by atoms with Gasteiger partial charge in [-0.1, -0.05) is 59.0 Å². The van der Waals surface area contributed by atoms with E-state index in [1.54, 1.807) is 0 Å². The molecule has 0 aromatic rings. The largest absolute Gasteiger partial charge is 0.545 e. The molecule has 0 aliphatic carbocycles. The Balaban J connectivity index is 0. The van der Waals surface area contributed by atoms with Crippen LogP contribution in [0.2, 0.25) is 0 Å². The monoisotopic (exact) mass is 353 g/mol. The van der Waals surface area contributed by atoms with Gasteiger partial charge in [0.25, 0.3) is 0 Å². The molecule has 3 heteroatoms. The molecule has 0 radical (unpaired) electrons. The number of rotatable bonds is 14. The third kappa shape index (κ3) is 10.5. The van der Waals surface area contributed by atoms with Gasteiger partial charge in [-0.05, 0) is 75.0 Å². The topological polar surface area (TPSA) is 76.6 Å². The third-order valence-corrected chi connectivity index (χ3v) is 4.74. The second kappa shape index (κ2) is 16.4. The van der Waals surface area contributed by atoms with Crippen molar-refractivity contribution < 1.29 is 9.90 Å². The van der Waals surface area contributed by atoms with Crippen LogP contribution in [-0.4, -0.2) is 5.97 Å². The number of aliphatic carboxylic acids is 1. The minimum absolute atomic E-state index is 0. The van der Waals surface area contributed by atoms with Gasteiger partial charge in [-0.25, -0.2) is 0 Å². The Kier molecular flexibility index (Phi) is 17.1. The molecule has 0 heterocycles. The van der Waals surface area contributed by atoms with Gasteiger partial charge in [0, 0.05) is 0 Å². The number of quaternary nitrogens is 1. The number of hydrogen-bond acceptors (Lipinski definition) is 2. The molecular formula is C22H43NO2. The van der Waals surface area contributed by atoms with Crippen molar-refractivity contribution in [2.75, 3.05) is 0 Å². The molecule has 0 aromatic carbocycles. The summed E-state index contributed by atoms with van der Waals surface area (Å²) in [6.07, 6.45) is 12.3. The molecule has 0 aliphatic heterocycles. The van der Waals surface area contributed by atoms with Crippen LogP contribution in [0.5, 0.6) is 0 Å². The van der Waals surface area contributed by atoms with Crippen molar-refractivity contribution in [2.24, 2.45) is 0 Å². The first-order valence-corrected chi connectivity index (χ1v) is 10.2. The first kappa shape index (κ1) is 26.1. The maximum Gasteiger partial charge on any atom is 0.0677 e. The Morgan fingerprint density at radius 3 is 1.40 bits per heavy atom. The lowest BCUT2D eigenvalue weighted by Gasteiger charge is -2.22. The molecule has 4 N–H and O–H groups in total. The maximum atomic E-state index is 11.8. The zero-order chi connectivity index (χ0) is 18.4. The number of carbonyl (C=O) groups is 1. The summed E-state index contributed by atoms with van der Waals surface area (Å²) in [7, 11) is 0. The van der Waals surface area contributed by atoms with E-state index in [-0.39, 0.29) is 6.15 Å². The molecule has 0 amide bonds. The van der Waals surface area contributed by atoms with E-state index in [0.717, 1.165) is 63.4 Å². The molecule has 0 bridgehead atoms. The normalized spacial score (nSPS) is 13.0. The Morgan fingerprint density at radius 2 is 1.00 bits per heavy atom. The second-order valence-corrected chi connectivity index (χ2v) is 6.92. The Bertz CT molecular complexity index is 422. The van der Waals surface area contributed by atoms with Crippen LogP contribution in [0.25, 0.3) is 0 Å². The van der Waals surface area contributed by atoms with Gasteiger partial charge in [0.05, 0.1) is 5.97 Å². The molecule has 0 spiro atoms. The van der Waals surface area contributed by atoms with Crippen molar-refractivity contribution >= 4 is 5.97 Å². The van der Waals surface area contributed by atoms with Crippen molar-refractivity contribution in [3.8, 4) is 0 Å². The highest BCUT2D eigenvalue weighted by molar-refractivity contribution is 5.86. The predicted molar refractivity (Wildman–Crippen MR) is 109 cm³/mol. The van der Waals surface area contributed by atoms with Crippen LogP contribution in [0.1, 0.15) is 112 Å². The number of carboxylic acid groups (broad SMARTS) is 1. The third-order valence-electron chi connectivity index (χ3n) is 4.74. The SMILES string of the molecule is CCCC/C(C)=C(CCCC)\C(CCCC)=C(/CCCC)C(=O)[O-].[NH4+]. The van der Waals surface area contributed by atoms with Crippen molar-refractivity contribution in [1.29, 1.82) is 0 Å². The summed E-state index contributed by atoms with van der Waals surface area (Å²) in [5.74, 6) is -0.952. The van der Waals surface area contributed by atoms with E-state index in [1.165, 1.54) is 24.0 Å². The highest BCUT2D eigenvalue weighted by atomic mass is 16.4. The predicted octanol–water partition coefficient (Wildman–Crippen LogP) is 6.49. The lowest BCUT2D eigenvalue weighted by Crippen LogP contribution is -2.26. The van der Waals surface area contributed by atoms with Crippen LogP contribution in [0.15, 0.2) is 22.3 Å². The van der Waals surface area contributed by atoms with Crippen LogP contribution in [0.3, 0.4) is 0 Å². The van der Waals surface area contributed by atoms with E-state index < -0.39 is 5.97 Å². The Labute approximate surface area is 156 Å². The fraction of sp³-hybridized carbons (Fsp3) is 0.773. The second-order valence-electron chi connectivity index (χ2n) is 6.92. The van der Waals surface area contributed by atoms with Gasteiger partial charge in [0.1, 0.15) is 0 Å². The minimum Gasteiger partial charge on any atom is -0.545 e. The smallest absolute Gasteiger partial charge is 0.0677 e. The summed E-state index contributed by atoms with van der Waals surface area (Å²) in [6.45, 7) is 10.9. The van der Waals surface area contributed by atoms with E-state index >= 15 is 0 Å². The van der Waals surface area contributed by atoms with Crippen LogP contribution >= 0.6 is 0 Å². The first-order chi connectivity index (χ1) is 11.5. The number of carboxylic acids is 1. The lowest BCUT2D eigenvalue weighted by molar-refractivity contribution is -0.299.